The summed E-state index contributed by atoms with van der Waals surface area (Å²) >= 11 is 0. The number of ether oxygens (including phenoxy) is 3. The Hall–Kier alpha value is -3.81. The highest BCUT2D eigenvalue weighted by Gasteiger charge is 2.38. The first-order valence-electron chi connectivity index (χ1n) is 9.44. The molecule has 0 aromatic heterocycles. The molecular weight excluding hydrogens is 388 g/mol. The molecule has 4 amide bonds. The maximum absolute atomic E-state index is 13.2. The van der Waals surface area contributed by atoms with E-state index in [-0.39, 0.29) is 11.3 Å². The molecule has 1 aliphatic heterocycles. The van der Waals surface area contributed by atoms with E-state index >= 15 is 0 Å². The lowest BCUT2D eigenvalue weighted by atomic mass is 10.1. The summed E-state index contributed by atoms with van der Waals surface area (Å²) in [4.78, 5) is 39.1. The number of hydrogen-bond donors (Lipinski definition) is 1. The number of nitrogens with zero attached hydrogens (tertiary/aromatic N) is 1. The number of urea groups is 1. The van der Waals surface area contributed by atoms with Crippen molar-refractivity contribution < 1.29 is 28.6 Å². The van der Waals surface area contributed by atoms with Gasteiger partial charge in [0.1, 0.15) is 22.8 Å². The quantitative estimate of drug-likeness (QED) is 0.557. The van der Waals surface area contributed by atoms with Crippen molar-refractivity contribution in [1.82, 2.24) is 5.32 Å². The van der Waals surface area contributed by atoms with Crippen molar-refractivity contribution in [2.75, 3.05) is 25.2 Å². The van der Waals surface area contributed by atoms with Gasteiger partial charge in [0.2, 0.25) is 0 Å². The molecule has 0 atom stereocenters. The van der Waals surface area contributed by atoms with Gasteiger partial charge in [0.05, 0.1) is 26.0 Å². The molecule has 1 aliphatic rings. The number of amides is 4. The summed E-state index contributed by atoms with van der Waals surface area (Å²) in [6.45, 7) is 4.34. The smallest absolute Gasteiger partial charge is 0.336 e. The number of barbiturate groups is 1. The standard InChI is InChI=1S/C22H22N2O6/c1-4-29-15-10-11-19(30-5-2)17(13-15)24-21(26)16(20(25)23-22(24)27)12-14-8-6-7-9-18(14)28-3/h6-13H,4-5H2,1-3H3,(H,23,25,27)/b16-12+. The van der Waals surface area contributed by atoms with E-state index in [0.29, 0.717) is 36.0 Å². The molecule has 0 radical (unpaired) electrons. The van der Waals surface area contributed by atoms with Crippen LogP contribution in [0, 0.1) is 0 Å². The van der Waals surface area contributed by atoms with Crippen molar-refractivity contribution >= 4 is 29.6 Å². The third-order valence-electron chi connectivity index (χ3n) is 4.32. The summed E-state index contributed by atoms with van der Waals surface area (Å²) in [5.41, 5.74) is 0.507. The first-order valence-corrected chi connectivity index (χ1v) is 9.44. The van der Waals surface area contributed by atoms with Crippen molar-refractivity contribution in [3.8, 4) is 17.2 Å². The summed E-state index contributed by atoms with van der Waals surface area (Å²) in [6, 6.07) is 10.9. The molecular formula is C22H22N2O6. The lowest BCUT2D eigenvalue weighted by molar-refractivity contribution is -0.122. The Morgan fingerprint density at radius 1 is 0.967 bits per heavy atom. The largest absolute Gasteiger partial charge is 0.496 e. The van der Waals surface area contributed by atoms with Crippen molar-refractivity contribution in [3.05, 3.63) is 53.6 Å². The van der Waals surface area contributed by atoms with Gasteiger partial charge in [-0.1, -0.05) is 18.2 Å². The van der Waals surface area contributed by atoms with Gasteiger partial charge in [-0.25, -0.2) is 9.69 Å². The Kier molecular flexibility index (Phi) is 6.36. The first kappa shape index (κ1) is 20.9. The predicted molar refractivity (Wildman–Crippen MR) is 111 cm³/mol. The number of anilines is 1. The highest BCUT2D eigenvalue weighted by Crippen LogP contribution is 2.35. The molecule has 1 saturated heterocycles. The molecule has 0 bridgehead atoms. The number of imide groups is 2. The van der Waals surface area contributed by atoms with Gasteiger partial charge in [0.15, 0.2) is 0 Å². The zero-order valence-electron chi connectivity index (χ0n) is 16.9. The fraction of sp³-hybridized carbons (Fsp3) is 0.227. The Bertz CT molecular complexity index is 1010. The van der Waals surface area contributed by atoms with Crippen LogP contribution in [0.2, 0.25) is 0 Å². The summed E-state index contributed by atoms with van der Waals surface area (Å²) in [5.74, 6) is -0.295. The molecule has 3 rings (SSSR count). The van der Waals surface area contributed by atoms with Crippen molar-refractivity contribution in [2.45, 2.75) is 13.8 Å². The molecule has 2 aromatic rings. The molecule has 1 N–H and O–H groups in total. The van der Waals surface area contributed by atoms with Gasteiger partial charge in [0.25, 0.3) is 11.8 Å². The third kappa shape index (κ3) is 4.12. The van der Waals surface area contributed by atoms with Crippen LogP contribution in [0.15, 0.2) is 48.0 Å². The average molecular weight is 410 g/mol. The van der Waals surface area contributed by atoms with E-state index in [0.717, 1.165) is 4.90 Å². The molecule has 8 nitrogen and oxygen atoms in total. The van der Waals surface area contributed by atoms with Crippen LogP contribution >= 0.6 is 0 Å². The zero-order valence-corrected chi connectivity index (χ0v) is 16.9. The molecule has 0 spiro atoms. The van der Waals surface area contributed by atoms with Gasteiger partial charge in [-0.15, -0.1) is 0 Å². The number of benzene rings is 2. The van der Waals surface area contributed by atoms with Crippen molar-refractivity contribution in [2.24, 2.45) is 0 Å². The molecule has 1 heterocycles. The van der Waals surface area contributed by atoms with Crippen molar-refractivity contribution in [3.63, 3.8) is 0 Å². The number of carbonyl (C=O) groups excluding carboxylic acids is 3. The first-order chi connectivity index (χ1) is 14.5. The maximum atomic E-state index is 13.2. The summed E-state index contributed by atoms with van der Waals surface area (Å²) < 4.78 is 16.4. The average Bonchev–Trinajstić information content (AvgIpc) is 2.73. The maximum Gasteiger partial charge on any atom is 0.336 e. The topological polar surface area (TPSA) is 94.2 Å². The molecule has 1 fully saturated rings. The van der Waals surface area contributed by atoms with E-state index < -0.39 is 17.8 Å². The minimum atomic E-state index is -0.864. The van der Waals surface area contributed by atoms with E-state index in [1.807, 2.05) is 6.92 Å². The van der Waals surface area contributed by atoms with E-state index in [2.05, 4.69) is 5.32 Å². The number of carbonyl (C=O) groups is 3. The van der Waals surface area contributed by atoms with E-state index in [1.54, 1.807) is 43.3 Å². The number of methoxy groups -OCH3 is 1. The van der Waals surface area contributed by atoms with Crippen LogP contribution in [0.4, 0.5) is 10.5 Å². The Morgan fingerprint density at radius 2 is 1.70 bits per heavy atom. The van der Waals surface area contributed by atoms with Gasteiger partial charge < -0.3 is 14.2 Å². The molecule has 0 unspecified atom stereocenters. The van der Waals surface area contributed by atoms with Gasteiger partial charge in [-0.05, 0) is 38.1 Å². The number of rotatable bonds is 7. The molecule has 0 saturated carbocycles. The fourth-order valence-electron chi connectivity index (χ4n) is 3.02. The number of nitrogens with one attached hydrogen (secondary N) is 1. The second-order valence-electron chi connectivity index (χ2n) is 6.20. The van der Waals surface area contributed by atoms with E-state index in [9.17, 15) is 14.4 Å². The normalized spacial score (nSPS) is 15.2. The Balaban J connectivity index is 2.09. The Labute approximate surface area is 174 Å². The van der Waals surface area contributed by atoms with Crippen LogP contribution < -0.4 is 24.4 Å². The van der Waals surface area contributed by atoms with Gasteiger partial charge in [0, 0.05) is 11.6 Å². The van der Waals surface area contributed by atoms with Gasteiger partial charge in [-0.2, -0.15) is 0 Å². The van der Waals surface area contributed by atoms with E-state index in [1.165, 1.54) is 19.3 Å². The van der Waals surface area contributed by atoms with Crippen LogP contribution in [0.25, 0.3) is 6.08 Å². The third-order valence-corrected chi connectivity index (χ3v) is 4.32. The monoisotopic (exact) mass is 410 g/mol. The van der Waals surface area contributed by atoms with Crippen LogP contribution in [0.1, 0.15) is 19.4 Å². The lowest BCUT2D eigenvalue weighted by Gasteiger charge is -2.28. The minimum Gasteiger partial charge on any atom is -0.496 e. The Morgan fingerprint density at radius 3 is 2.40 bits per heavy atom. The van der Waals surface area contributed by atoms with Crippen LogP contribution in [-0.4, -0.2) is 38.2 Å². The molecule has 0 aliphatic carbocycles. The number of para-hydroxylation sites is 1. The molecule has 30 heavy (non-hydrogen) atoms. The van der Waals surface area contributed by atoms with Crippen molar-refractivity contribution in [1.29, 1.82) is 0 Å². The van der Waals surface area contributed by atoms with Crippen LogP contribution in [0.5, 0.6) is 17.2 Å². The highest BCUT2D eigenvalue weighted by atomic mass is 16.5. The fourth-order valence-corrected chi connectivity index (χ4v) is 3.02. The zero-order chi connectivity index (χ0) is 21.7. The summed E-state index contributed by atoms with van der Waals surface area (Å²) in [5, 5.41) is 2.21. The summed E-state index contributed by atoms with van der Waals surface area (Å²) in [6.07, 6.45) is 1.39. The summed E-state index contributed by atoms with van der Waals surface area (Å²) in [7, 11) is 1.49. The second-order valence-corrected chi connectivity index (χ2v) is 6.20. The SMILES string of the molecule is CCOc1ccc(OCC)c(N2C(=O)NC(=O)/C(=C\c3ccccc3OC)C2=O)c1. The van der Waals surface area contributed by atoms with Crippen LogP contribution in [-0.2, 0) is 9.59 Å². The lowest BCUT2D eigenvalue weighted by Crippen LogP contribution is -2.54. The molecule has 8 heteroatoms. The van der Waals surface area contributed by atoms with E-state index in [4.69, 9.17) is 14.2 Å². The van der Waals surface area contributed by atoms with Gasteiger partial charge >= 0.3 is 6.03 Å². The number of hydrogen-bond acceptors (Lipinski definition) is 6. The van der Waals surface area contributed by atoms with Crippen LogP contribution in [0.3, 0.4) is 0 Å². The molecule has 2 aromatic carbocycles. The van der Waals surface area contributed by atoms with Gasteiger partial charge in [-0.3, -0.25) is 14.9 Å². The highest BCUT2D eigenvalue weighted by molar-refractivity contribution is 6.39. The molecule has 156 valence electrons. The minimum absolute atomic E-state index is 0.184. The second kappa shape index (κ2) is 9.13. The predicted octanol–water partition coefficient (Wildman–Crippen LogP) is 3.16.